The van der Waals surface area contributed by atoms with Gasteiger partial charge in [-0.1, -0.05) is 32.0 Å². The fourth-order valence-electron chi connectivity index (χ4n) is 1.89. The summed E-state index contributed by atoms with van der Waals surface area (Å²) in [6.07, 6.45) is 0. The van der Waals surface area contributed by atoms with Crippen LogP contribution in [0, 0.1) is 0 Å². The van der Waals surface area contributed by atoms with Gasteiger partial charge >= 0.3 is 6.03 Å². The number of thiophene rings is 1. The van der Waals surface area contributed by atoms with Crippen LogP contribution in [0.3, 0.4) is 0 Å². The number of amides is 3. The van der Waals surface area contributed by atoms with Crippen molar-refractivity contribution in [1.82, 2.24) is 10.6 Å². The second-order valence-corrected chi connectivity index (χ2v) is 7.40. The summed E-state index contributed by atoms with van der Waals surface area (Å²) in [5.74, 6) is 0.406. The topological polar surface area (TPSA) is 58.2 Å². The maximum atomic E-state index is 11.8. The molecule has 0 atom stereocenters. The number of nitrogens with one attached hydrogen (secondary N) is 2. The van der Waals surface area contributed by atoms with Crippen molar-refractivity contribution >= 4 is 35.0 Å². The predicted molar refractivity (Wildman–Crippen MR) is 96.0 cm³/mol. The lowest BCUT2D eigenvalue weighted by molar-refractivity contribution is -0.117. The maximum Gasteiger partial charge on any atom is 0.321 e. The third-order valence-electron chi connectivity index (χ3n) is 3.17. The normalized spacial score (nSPS) is 10.6. The first-order valence-corrected chi connectivity index (χ1v) is 9.24. The Kier molecular flexibility index (Phi) is 6.67. The smallest absolute Gasteiger partial charge is 0.321 e. The second-order valence-electron chi connectivity index (χ2n) is 5.32. The van der Waals surface area contributed by atoms with Crippen LogP contribution in [-0.4, -0.2) is 17.7 Å². The molecular formula is C17H20N2O2S2. The zero-order chi connectivity index (χ0) is 16.7. The molecule has 0 aliphatic rings. The Morgan fingerprint density at radius 3 is 2.52 bits per heavy atom. The lowest BCUT2D eigenvalue weighted by Gasteiger charge is -2.07. The van der Waals surface area contributed by atoms with Crippen LogP contribution in [0.25, 0.3) is 0 Å². The van der Waals surface area contributed by atoms with Gasteiger partial charge < -0.3 is 5.32 Å². The summed E-state index contributed by atoms with van der Waals surface area (Å²) >= 11 is 2.98. The standard InChI is InChI=1S/C17H20N2O2S2/c1-12(2)13-5-7-14(8-6-13)23-11-16(20)19-17(21)18-10-15-4-3-9-22-15/h3-9,12H,10-11H2,1-2H3,(H2,18,19,20,21). The highest BCUT2D eigenvalue weighted by Gasteiger charge is 2.08. The fourth-order valence-corrected chi connectivity index (χ4v) is 3.23. The van der Waals surface area contributed by atoms with Crippen LogP contribution < -0.4 is 10.6 Å². The van der Waals surface area contributed by atoms with Gasteiger partial charge in [0.1, 0.15) is 0 Å². The molecule has 6 heteroatoms. The van der Waals surface area contributed by atoms with Gasteiger partial charge in [0.15, 0.2) is 0 Å². The maximum absolute atomic E-state index is 11.8. The number of hydrogen-bond donors (Lipinski definition) is 2. The van der Waals surface area contributed by atoms with Crippen molar-refractivity contribution in [3.05, 3.63) is 52.2 Å². The Hall–Kier alpha value is -1.79. The summed E-state index contributed by atoms with van der Waals surface area (Å²) in [5.41, 5.74) is 1.27. The molecule has 0 bridgehead atoms. The quantitative estimate of drug-likeness (QED) is 0.776. The molecule has 1 aromatic carbocycles. The van der Waals surface area contributed by atoms with Crippen LogP contribution in [0.5, 0.6) is 0 Å². The molecule has 0 saturated carbocycles. The number of carbonyl (C=O) groups is 2. The number of thioether (sulfide) groups is 1. The lowest BCUT2D eigenvalue weighted by atomic mass is 10.0. The highest BCUT2D eigenvalue weighted by Crippen LogP contribution is 2.21. The molecule has 23 heavy (non-hydrogen) atoms. The molecule has 0 aliphatic carbocycles. The molecule has 2 aromatic rings. The number of hydrogen-bond acceptors (Lipinski definition) is 4. The second kappa shape index (κ2) is 8.74. The third kappa shape index (κ3) is 6.08. The predicted octanol–water partition coefficient (Wildman–Crippen LogP) is 3.99. The van der Waals surface area contributed by atoms with E-state index in [-0.39, 0.29) is 11.7 Å². The molecule has 0 radical (unpaired) electrons. The highest BCUT2D eigenvalue weighted by atomic mass is 32.2. The van der Waals surface area contributed by atoms with Crippen molar-refractivity contribution in [2.75, 3.05) is 5.75 Å². The molecule has 0 saturated heterocycles. The molecule has 3 amide bonds. The van der Waals surface area contributed by atoms with Crippen LogP contribution in [0.1, 0.15) is 30.2 Å². The molecule has 2 rings (SSSR count). The summed E-state index contributed by atoms with van der Waals surface area (Å²) in [4.78, 5) is 25.5. The summed E-state index contributed by atoms with van der Waals surface area (Å²) in [5, 5.41) is 6.95. The minimum atomic E-state index is -0.459. The van der Waals surface area contributed by atoms with E-state index in [2.05, 4.69) is 36.6 Å². The van der Waals surface area contributed by atoms with Gasteiger partial charge in [-0.15, -0.1) is 23.1 Å². The van der Waals surface area contributed by atoms with E-state index in [1.54, 1.807) is 11.3 Å². The minimum Gasteiger partial charge on any atom is -0.333 e. The monoisotopic (exact) mass is 348 g/mol. The minimum absolute atomic E-state index is 0.216. The van der Waals surface area contributed by atoms with E-state index in [0.717, 1.165) is 9.77 Å². The Labute approximate surface area is 144 Å². The van der Waals surface area contributed by atoms with Crippen LogP contribution in [0.15, 0.2) is 46.7 Å². The molecular weight excluding hydrogens is 328 g/mol. The Morgan fingerprint density at radius 2 is 1.91 bits per heavy atom. The van der Waals surface area contributed by atoms with Crippen LogP contribution in [0.2, 0.25) is 0 Å². The van der Waals surface area contributed by atoms with Crippen molar-refractivity contribution in [2.45, 2.75) is 31.2 Å². The van der Waals surface area contributed by atoms with Gasteiger partial charge in [-0.2, -0.15) is 0 Å². The summed E-state index contributed by atoms with van der Waals surface area (Å²) in [6.45, 7) is 4.72. The first-order chi connectivity index (χ1) is 11.0. The molecule has 0 aliphatic heterocycles. The van der Waals surface area contributed by atoms with Crippen LogP contribution in [0.4, 0.5) is 4.79 Å². The van der Waals surface area contributed by atoms with E-state index >= 15 is 0 Å². The number of benzene rings is 1. The Bertz CT molecular complexity index is 637. The Balaban J connectivity index is 1.70. The first kappa shape index (κ1) is 17.6. The zero-order valence-electron chi connectivity index (χ0n) is 13.2. The van der Waals surface area contributed by atoms with Crippen LogP contribution >= 0.6 is 23.1 Å². The lowest BCUT2D eigenvalue weighted by Crippen LogP contribution is -2.39. The number of rotatable bonds is 6. The number of urea groups is 1. The molecule has 122 valence electrons. The number of carbonyl (C=O) groups excluding carboxylic acids is 2. The summed E-state index contributed by atoms with van der Waals surface area (Å²) in [7, 11) is 0. The molecule has 0 spiro atoms. The fraction of sp³-hybridized carbons (Fsp3) is 0.294. The van der Waals surface area contributed by atoms with Crippen molar-refractivity contribution in [1.29, 1.82) is 0 Å². The van der Waals surface area contributed by atoms with Gasteiger partial charge in [-0.25, -0.2) is 4.79 Å². The number of imide groups is 1. The Morgan fingerprint density at radius 1 is 1.17 bits per heavy atom. The highest BCUT2D eigenvalue weighted by molar-refractivity contribution is 8.00. The first-order valence-electron chi connectivity index (χ1n) is 7.37. The zero-order valence-corrected chi connectivity index (χ0v) is 14.8. The van der Waals surface area contributed by atoms with Gasteiger partial charge in [-0.05, 0) is 35.1 Å². The third-order valence-corrected chi connectivity index (χ3v) is 5.06. The van der Waals surface area contributed by atoms with Crippen molar-refractivity contribution in [2.24, 2.45) is 0 Å². The molecule has 2 N–H and O–H groups in total. The molecule has 4 nitrogen and oxygen atoms in total. The largest absolute Gasteiger partial charge is 0.333 e. The van der Waals surface area contributed by atoms with E-state index in [4.69, 9.17) is 0 Å². The van der Waals surface area contributed by atoms with E-state index in [1.807, 2.05) is 29.6 Å². The average molecular weight is 348 g/mol. The van der Waals surface area contributed by atoms with Crippen molar-refractivity contribution < 1.29 is 9.59 Å². The summed E-state index contributed by atoms with van der Waals surface area (Å²) in [6, 6.07) is 11.5. The van der Waals surface area contributed by atoms with Gasteiger partial charge in [0, 0.05) is 9.77 Å². The molecule has 1 aromatic heterocycles. The van der Waals surface area contributed by atoms with Gasteiger partial charge in [-0.3, -0.25) is 10.1 Å². The molecule has 0 fully saturated rings. The molecule has 1 heterocycles. The van der Waals surface area contributed by atoms with E-state index in [9.17, 15) is 9.59 Å². The van der Waals surface area contributed by atoms with E-state index < -0.39 is 6.03 Å². The van der Waals surface area contributed by atoms with Crippen LogP contribution in [-0.2, 0) is 11.3 Å². The molecule has 0 unspecified atom stereocenters. The van der Waals surface area contributed by atoms with E-state index in [1.165, 1.54) is 17.3 Å². The van der Waals surface area contributed by atoms with E-state index in [0.29, 0.717) is 12.5 Å². The SMILES string of the molecule is CC(C)c1ccc(SCC(=O)NC(=O)NCc2cccs2)cc1. The van der Waals surface area contributed by atoms with Crippen molar-refractivity contribution in [3.8, 4) is 0 Å². The van der Waals surface area contributed by atoms with Crippen molar-refractivity contribution in [3.63, 3.8) is 0 Å². The summed E-state index contributed by atoms with van der Waals surface area (Å²) < 4.78 is 0. The van der Waals surface area contributed by atoms with Gasteiger partial charge in [0.2, 0.25) is 5.91 Å². The van der Waals surface area contributed by atoms with Gasteiger partial charge in [0.25, 0.3) is 0 Å². The van der Waals surface area contributed by atoms with Gasteiger partial charge in [0.05, 0.1) is 12.3 Å². The average Bonchev–Trinajstić information content (AvgIpc) is 3.05.